The van der Waals surface area contributed by atoms with Gasteiger partial charge < -0.3 is 14.9 Å². The van der Waals surface area contributed by atoms with Crippen LogP contribution in [0.2, 0.25) is 0 Å². The van der Waals surface area contributed by atoms with Crippen molar-refractivity contribution in [3.8, 4) is 0 Å². The van der Waals surface area contributed by atoms with Gasteiger partial charge in [0.15, 0.2) is 0 Å². The molecular formula is C16H21NO2. The molecule has 3 nitrogen and oxygen atoms in total. The molecule has 0 spiro atoms. The molecule has 1 aromatic carbocycles. The summed E-state index contributed by atoms with van der Waals surface area (Å²) in [7, 11) is 0. The summed E-state index contributed by atoms with van der Waals surface area (Å²) in [4.78, 5) is 0. The Morgan fingerprint density at radius 2 is 2.05 bits per heavy atom. The maximum absolute atomic E-state index is 6.12. The van der Waals surface area contributed by atoms with Gasteiger partial charge in [-0.05, 0) is 30.9 Å². The number of hydrogen-bond donors (Lipinski definition) is 1. The van der Waals surface area contributed by atoms with E-state index in [2.05, 4.69) is 0 Å². The van der Waals surface area contributed by atoms with Crippen molar-refractivity contribution in [1.29, 1.82) is 0 Å². The summed E-state index contributed by atoms with van der Waals surface area (Å²) in [6.07, 6.45) is 5.31. The van der Waals surface area contributed by atoms with Gasteiger partial charge in [-0.2, -0.15) is 0 Å². The van der Waals surface area contributed by atoms with Crippen LogP contribution in [-0.2, 0) is 4.74 Å². The average Bonchev–Trinajstić information content (AvgIpc) is 3.07. The number of benzene rings is 1. The van der Waals surface area contributed by atoms with E-state index >= 15 is 0 Å². The van der Waals surface area contributed by atoms with Crippen molar-refractivity contribution < 1.29 is 9.15 Å². The van der Waals surface area contributed by atoms with Crippen molar-refractivity contribution in [1.82, 2.24) is 0 Å². The Hall–Kier alpha value is -1.32. The second kappa shape index (κ2) is 5.76. The number of furan rings is 1. The van der Waals surface area contributed by atoms with Gasteiger partial charge in [0.1, 0.15) is 11.3 Å². The summed E-state index contributed by atoms with van der Waals surface area (Å²) < 4.78 is 11.5. The maximum Gasteiger partial charge on any atom is 0.134 e. The Kier molecular flexibility index (Phi) is 3.85. The first kappa shape index (κ1) is 12.7. The highest BCUT2D eigenvalue weighted by Gasteiger charge is 2.17. The van der Waals surface area contributed by atoms with Crippen LogP contribution in [0.15, 0.2) is 34.7 Å². The number of fused-ring (bicyclic) bond motifs is 1. The first-order valence-electron chi connectivity index (χ1n) is 7.15. The Labute approximate surface area is 113 Å². The molecule has 1 atom stereocenters. The Morgan fingerprint density at radius 1 is 1.26 bits per heavy atom. The molecule has 3 heteroatoms. The van der Waals surface area contributed by atoms with E-state index in [0.717, 1.165) is 29.3 Å². The summed E-state index contributed by atoms with van der Waals surface area (Å²) in [5, 5.41) is 1.10. The Morgan fingerprint density at radius 3 is 2.84 bits per heavy atom. The van der Waals surface area contributed by atoms with Gasteiger partial charge in [0.05, 0.1) is 12.6 Å². The molecule has 0 amide bonds. The molecule has 102 valence electrons. The van der Waals surface area contributed by atoms with E-state index in [4.69, 9.17) is 14.9 Å². The molecule has 0 radical (unpaired) electrons. The van der Waals surface area contributed by atoms with E-state index < -0.39 is 0 Å². The lowest BCUT2D eigenvalue weighted by molar-refractivity contribution is 0.0867. The van der Waals surface area contributed by atoms with Gasteiger partial charge in [-0.1, -0.05) is 31.0 Å². The third-order valence-electron chi connectivity index (χ3n) is 3.94. The predicted octanol–water partition coefficient (Wildman–Crippen LogP) is 3.64. The zero-order valence-corrected chi connectivity index (χ0v) is 11.2. The van der Waals surface area contributed by atoms with Crippen LogP contribution in [0, 0.1) is 5.92 Å². The molecule has 1 aliphatic rings. The van der Waals surface area contributed by atoms with E-state index in [1.807, 2.05) is 30.3 Å². The van der Waals surface area contributed by atoms with Crippen molar-refractivity contribution in [3.05, 3.63) is 36.1 Å². The van der Waals surface area contributed by atoms with Crippen molar-refractivity contribution in [3.63, 3.8) is 0 Å². The molecule has 1 fully saturated rings. The largest absolute Gasteiger partial charge is 0.459 e. The van der Waals surface area contributed by atoms with Crippen LogP contribution in [0.3, 0.4) is 0 Å². The van der Waals surface area contributed by atoms with E-state index in [1.165, 1.54) is 25.7 Å². The number of rotatable bonds is 5. The molecule has 1 saturated carbocycles. The normalized spacial score (nSPS) is 18.2. The lowest BCUT2D eigenvalue weighted by Gasteiger charge is -2.13. The summed E-state index contributed by atoms with van der Waals surface area (Å²) in [6, 6.07) is 9.81. The van der Waals surface area contributed by atoms with Crippen LogP contribution in [0.4, 0.5) is 0 Å². The van der Waals surface area contributed by atoms with Crippen molar-refractivity contribution in [2.45, 2.75) is 31.7 Å². The van der Waals surface area contributed by atoms with Crippen molar-refractivity contribution >= 4 is 11.0 Å². The second-order valence-electron chi connectivity index (χ2n) is 5.48. The summed E-state index contributed by atoms with van der Waals surface area (Å²) in [5.41, 5.74) is 7.02. The van der Waals surface area contributed by atoms with Crippen LogP contribution in [0.1, 0.15) is 37.5 Å². The number of nitrogens with two attached hydrogens (primary N) is 1. The van der Waals surface area contributed by atoms with Crippen molar-refractivity contribution in [2.24, 2.45) is 11.7 Å². The minimum atomic E-state index is -0.172. The highest BCUT2D eigenvalue weighted by atomic mass is 16.5. The molecule has 0 bridgehead atoms. The first-order chi connectivity index (χ1) is 9.33. The molecule has 2 N–H and O–H groups in total. The lowest BCUT2D eigenvalue weighted by Crippen LogP contribution is -2.18. The number of para-hydroxylation sites is 1. The van der Waals surface area contributed by atoms with Crippen LogP contribution >= 0.6 is 0 Å². The van der Waals surface area contributed by atoms with Crippen LogP contribution in [-0.4, -0.2) is 13.2 Å². The smallest absolute Gasteiger partial charge is 0.134 e. The highest BCUT2D eigenvalue weighted by molar-refractivity contribution is 5.77. The second-order valence-corrected chi connectivity index (χ2v) is 5.48. The molecule has 1 aromatic heterocycles. The maximum atomic E-state index is 6.12. The fourth-order valence-electron chi connectivity index (χ4n) is 2.81. The molecular weight excluding hydrogens is 238 g/mol. The van der Waals surface area contributed by atoms with E-state index in [-0.39, 0.29) is 6.04 Å². The fraction of sp³-hybridized carbons (Fsp3) is 0.500. The molecule has 1 heterocycles. The molecule has 1 unspecified atom stereocenters. The van der Waals surface area contributed by atoms with Crippen LogP contribution in [0.5, 0.6) is 0 Å². The highest BCUT2D eigenvalue weighted by Crippen LogP contribution is 2.26. The van der Waals surface area contributed by atoms with Gasteiger partial charge in [-0.3, -0.25) is 0 Å². The summed E-state index contributed by atoms with van der Waals surface area (Å²) >= 11 is 0. The topological polar surface area (TPSA) is 48.4 Å². The molecule has 0 saturated heterocycles. The monoisotopic (exact) mass is 259 g/mol. The van der Waals surface area contributed by atoms with Gasteiger partial charge in [-0.15, -0.1) is 0 Å². The molecule has 19 heavy (non-hydrogen) atoms. The third-order valence-corrected chi connectivity index (χ3v) is 3.94. The Bertz CT molecular complexity index is 495. The zero-order chi connectivity index (χ0) is 13.1. The third kappa shape index (κ3) is 2.99. The van der Waals surface area contributed by atoms with Crippen LogP contribution in [0.25, 0.3) is 11.0 Å². The van der Waals surface area contributed by atoms with Gasteiger partial charge in [0, 0.05) is 12.0 Å². The quantitative estimate of drug-likeness (QED) is 0.891. The molecule has 0 aliphatic heterocycles. The van der Waals surface area contributed by atoms with Gasteiger partial charge in [-0.25, -0.2) is 0 Å². The molecule has 2 aromatic rings. The Balaban J connectivity index is 1.55. The van der Waals surface area contributed by atoms with E-state index in [9.17, 15) is 0 Å². The minimum absolute atomic E-state index is 0.172. The lowest BCUT2D eigenvalue weighted by atomic mass is 10.1. The predicted molar refractivity (Wildman–Crippen MR) is 75.9 cm³/mol. The van der Waals surface area contributed by atoms with Crippen LogP contribution < -0.4 is 5.73 Å². The zero-order valence-electron chi connectivity index (χ0n) is 11.2. The standard InChI is InChI=1S/C16H21NO2/c17-14(11-18-10-12-5-1-2-6-12)16-9-13-7-3-4-8-15(13)19-16/h3-4,7-9,12,14H,1-2,5-6,10-11,17H2. The van der Waals surface area contributed by atoms with E-state index in [0.29, 0.717) is 6.61 Å². The molecule has 3 rings (SSSR count). The van der Waals surface area contributed by atoms with Gasteiger partial charge in [0.2, 0.25) is 0 Å². The first-order valence-corrected chi connectivity index (χ1v) is 7.15. The number of ether oxygens (including phenoxy) is 1. The number of hydrogen-bond acceptors (Lipinski definition) is 3. The van der Waals surface area contributed by atoms with Crippen molar-refractivity contribution in [2.75, 3.05) is 13.2 Å². The van der Waals surface area contributed by atoms with Gasteiger partial charge in [0.25, 0.3) is 0 Å². The SMILES string of the molecule is NC(COCC1CCCC1)c1cc2ccccc2o1. The van der Waals surface area contributed by atoms with E-state index in [1.54, 1.807) is 0 Å². The minimum Gasteiger partial charge on any atom is -0.459 e. The van der Waals surface area contributed by atoms with Gasteiger partial charge >= 0.3 is 0 Å². The summed E-state index contributed by atoms with van der Waals surface area (Å²) in [6.45, 7) is 1.38. The average molecular weight is 259 g/mol. The summed E-state index contributed by atoms with van der Waals surface area (Å²) in [5.74, 6) is 1.55. The molecule has 1 aliphatic carbocycles. The fourth-order valence-corrected chi connectivity index (χ4v) is 2.81.